The molecular weight excluding hydrogens is 503 g/mol. The van der Waals surface area contributed by atoms with Crippen LogP contribution in [0.1, 0.15) is 25.3 Å². The van der Waals surface area contributed by atoms with E-state index in [1.165, 1.54) is 24.3 Å². The van der Waals surface area contributed by atoms with Crippen molar-refractivity contribution in [1.29, 1.82) is 0 Å². The molecular formula is C24H21Cl3N2O3S. The van der Waals surface area contributed by atoms with Gasteiger partial charge in [0.25, 0.3) is 0 Å². The Hall–Kier alpha value is -1.80. The van der Waals surface area contributed by atoms with Gasteiger partial charge in [0.1, 0.15) is 0 Å². The zero-order chi connectivity index (χ0) is 23.3. The van der Waals surface area contributed by atoms with E-state index in [-0.39, 0.29) is 10.9 Å². The van der Waals surface area contributed by atoms with Crippen LogP contribution in [0, 0.1) is 0 Å². The second kappa shape index (κ2) is 8.77. The molecule has 9 heteroatoms. The van der Waals surface area contributed by atoms with Crippen LogP contribution in [0.2, 0.25) is 15.1 Å². The average Bonchev–Trinajstić information content (AvgIpc) is 3.08. The minimum atomic E-state index is -3.81. The number of hydrogen-bond donors (Lipinski definition) is 2. The van der Waals surface area contributed by atoms with Gasteiger partial charge in [0.05, 0.1) is 23.1 Å². The van der Waals surface area contributed by atoms with Crippen molar-refractivity contribution in [3.05, 3.63) is 75.7 Å². The van der Waals surface area contributed by atoms with E-state index >= 15 is 0 Å². The monoisotopic (exact) mass is 522 g/mol. The van der Waals surface area contributed by atoms with Gasteiger partial charge < -0.3 is 9.67 Å². The predicted octanol–water partition coefficient (Wildman–Crippen LogP) is 6.19. The number of hydrogen-bond acceptors (Lipinski definition) is 3. The largest absolute Gasteiger partial charge is 0.389 e. The molecule has 1 aromatic heterocycles. The predicted molar refractivity (Wildman–Crippen MR) is 134 cm³/mol. The molecule has 0 amide bonds. The first-order valence-electron chi connectivity index (χ1n) is 10.6. The minimum Gasteiger partial charge on any atom is -0.389 e. The van der Waals surface area contributed by atoms with Gasteiger partial charge in [-0.3, -0.25) is 0 Å². The molecule has 1 aliphatic rings. The number of rotatable bonds is 4. The van der Waals surface area contributed by atoms with Crippen molar-refractivity contribution < 1.29 is 13.5 Å². The highest BCUT2D eigenvalue weighted by Crippen LogP contribution is 2.39. The molecule has 0 radical (unpaired) electrons. The molecule has 3 aromatic carbocycles. The average molecular weight is 524 g/mol. The van der Waals surface area contributed by atoms with Gasteiger partial charge in [-0.25, -0.2) is 13.1 Å². The molecule has 4 aromatic rings. The van der Waals surface area contributed by atoms with Crippen LogP contribution < -0.4 is 4.72 Å². The topological polar surface area (TPSA) is 71.3 Å². The summed E-state index contributed by atoms with van der Waals surface area (Å²) < 4.78 is 30.7. The highest BCUT2D eigenvalue weighted by molar-refractivity contribution is 7.89. The standard InChI is InChI=1S/C24H21Cl3N2O3S/c25-14-4-8-17(9-5-14)33(31,32)28-20-2-1-3-23(24(20)30)29-21-10-6-15(26)12-18(21)19-13-16(27)7-11-22(19)29/h4-13,20,23-24,28,30H,1-3H2/t20?,23?,24-/m0/s1. The molecule has 2 N–H and O–H groups in total. The fourth-order valence-corrected chi connectivity index (χ4v) is 6.56. The molecule has 0 bridgehead atoms. The first kappa shape index (κ1) is 23.0. The summed E-state index contributed by atoms with van der Waals surface area (Å²) in [5.41, 5.74) is 1.84. The lowest BCUT2D eigenvalue weighted by molar-refractivity contribution is 0.0547. The number of aromatic nitrogens is 1. The van der Waals surface area contributed by atoms with Crippen LogP contribution >= 0.6 is 34.8 Å². The Bertz CT molecular complexity index is 1390. The van der Waals surface area contributed by atoms with Crippen LogP contribution in [0.3, 0.4) is 0 Å². The van der Waals surface area contributed by atoms with Crippen LogP contribution in [0.4, 0.5) is 0 Å². The lowest BCUT2D eigenvalue weighted by Crippen LogP contribution is -2.49. The number of nitrogens with zero attached hydrogens (tertiary/aromatic N) is 1. The molecule has 5 rings (SSSR count). The van der Waals surface area contributed by atoms with Gasteiger partial charge in [-0.1, -0.05) is 34.8 Å². The summed E-state index contributed by atoms with van der Waals surface area (Å²) in [6.07, 6.45) is 1.09. The van der Waals surface area contributed by atoms with Crippen LogP contribution in [0.25, 0.3) is 21.8 Å². The Morgan fingerprint density at radius 1 is 0.818 bits per heavy atom. The van der Waals surface area contributed by atoms with E-state index in [0.29, 0.717) is 27.9 Å². The van der Waals surface area contributed by atoms with Gasteiger partial charge in [-0.2, -0.15) is 0 Å². The summed E-state index contributed by atoms with van der Waals surface area (Å²) in [4.78, 5) is 0.113. The maximum absolute atomic E-state index is 12.9. The van der Waals surface area contributed by atoms with E-state index in [4.69, 9.17) is 34.8 Å². The normalized spacial score (nSPS) is 21.6. The molecule has 0 saturated heterocycles. The highest BCUT2D eigenvalue weighted by atomic mass is 35.5. The van der Waals surface area contributed by atoms with E-state index in [9.17, 15) is 13.5 Å². The van der Waals surface area contributed by atoms with Crippen LogP contribution in [-0.2, 0) is 10.0 Å². The molecule has 1 aliphatic carbocycles. The molecule has 1 heterocycles. The smallest absolute Gasteiger partial charge is 0.240 e. The Labute approximate surface area is 206 Å². The van der Waals surface area contributed by atoms with E-state index in [0.717, 1.165) is 28.2 Å². The van der Waals surface area contributed by atoms with Crippen molar-refractivity contribution in [1.82, 2.24) is 9.29 Å². The molecule has 33 heavy (non-hydrogen) atoms. The molecule has 1 saturated carbocycles. The third-order valence-electron chi connectivity index (χ3n) is 6.31. The van der Waals surface area contributed by atoms with Gasteiger partial charge in [0.15, 0.2) is 0 Å². The maximum atomic E-state index is 12.9. The van der Waals surface area contributed by atoms with Gasteiger partial charge in [-0.05, 0) is 79.9 Å². The highest BCUT2D eigenvalue weighted by Gasteiger charge is 2.37. The second-order valence-corrected chi connectivity index (χ2v) is 11.4. The molecule has 2 unspecified atom stereocenters. The molecule has 0 spiro atoms. The van der Waals surface area contributed by atoms with Crippen molar-refractivity contribution in [2.24, 2.45) is 0 Å². The number of benzene rings is 3. The summed E-state index contributed by atoms with van der Waals surface area (Å²) >= 11 is 18.4. The van der Waals surface area contributed by atoms with E-state index < -0.39 is 22.2 Å². The third kappa shape index (κ3) is 4.25. The number of nitrogens with one attached hydrogen (secondary N) is 1. The Kier molecular flexibility index (Phi) is 6.10. The third-order valence-corrected chi connectivity index (χ3v) is 8.54. The van der Waals surface area contributed by atoms with Gasteiger partial charge in [0, 0.05) is 36.9 Å². The van der Waals surface area contributed by atoms with Crippen LogP contribution in [0.5, 0.6) is 0 Å². The van der Waals surface area contributed by atoms with E-state index in [2.05, 4.69) is 9.29 Å². The fraction of sp³-hybridized carbons (Fsp3) is 0.250. The zero-order valence-corrected chi connectivity index (χ0v) is 20.5. The Balaban J connectivity index is 1.54. The molecule has 172 valence electrons. The Morgan fingerprint density at radius 2 is 1.36 bits per heavy atom. The maximum Gasteiger partial charge on any atom is 0.240 e. The summed E-state index contributed by atoms with van der Waals surface area (Å²) in [6, 6.07) is 16.3. The van der Waals surface area contributed by atoms with Gasteiger partial charge in [0.2, 0.25) is 10.0 Å². The second-order valence-electron chi connectivity index (χ2n) is 8.36. The summed E-state index contributed by atoms with van der Waals surface area (Å²) in [6.45, 7) is 0. The SMILES string of the molecule is O=S(=O)(NC1CCCC(n2c3ccc(Cl)cc3c3cc(Cl)ccc32)[C@H]1O)c1ccc(Cl)cc1. The van der Waals surface area contributed by atoms with Gasteiger partial charge >= 0.3 is 0 Å². The quantitative estimate of drug-likeness (QED) is 0.335. The lowest BCUT2D eigenvalue weighted by atomic mass is 9.88. The van der Waals surface area contributed by atoms with Crippen LogP contribution in [0.15, 0.2) is 65.6 Å². The van der Waals surface area contributed by atoms with Gasteiger partial charge in [-0.15, -0.1) is 0 Å². The Morgan fingerprint density at radius 3 is 1.94 bits per heavy atom. The molecule has 1 fully saturated rings. The molecule has 5 nitrogen and oxygen atoms in total. The van der Waals surface area contributed by atoms with Crippen molar-refractivity contribution in [2.75, 3.05) is 0 Å². The number of aliphatic hydroxyl groups is 1. The van der Waals surface area contributed by atoms with Crippen molar-refractivity contribution >= 4 is 66.6 Å². The summed E-state index contributed by atoms with van der Waals surface area (Å²) in [5, 5.41) is 14.9. The summed E-state index contributed by atoms with van der Waals surface area (Å²) in [7, 11) is -3.81. The fourth-order valence-electron chi connectivity index (χ4n) is 4.80. The van der Waals surface area contributed by atoms with E-state index in [1.54, 1.807) is 0 Å². The molecule has 3 atom stereocenters. The number of aliphatic hydroxyl groups excluding tert-OH is 1. The lowest BCUT2D eigenvalue weighted by Gasteiger charge is -2.36. The van der Waals surface area contributed by atoms with Crippen molar-refractivity contribution in [2.45, 2.75) is 42.3 Å². The number of sulfonamides is 1. The van der Waals surface area contributed by atoms with Crippen molar-refractivity contribution in [3.8, 4) is 0 Å². The summed E-state index contributed by atoms with van der Waals surface area (Å²) in [5.74, 6) is 0. The van der Waals surface area contributed by atoms with Crippen LogP contribution in [-0.4, -0.2) is 30.2 Å². The number of halogens is 3. The van der Waals surface area contributed by atoms with E-state index in [1.807, 2.05) is 36.4 Å². The first-order chi connectivity index (χ1) is 15.7. The van der Waals surface area contributed by atoms with Crippen molar-refractivity contribution in [3.63, 3.8) is 0 Å². The number of fused-ring (bicyclic) bond motifs is 3. The first-order valence-corrected chi connectivity index (χ1v) is 13.2. The zero-order valence-electron chi connectivity index (χ0n) is 17.4. The molecule has 0 aliphatic heterocycles. The minimum absolute atomic E-state index is 0.113.